The normalized spacial score (nSPS) is 16.4. The molecule has 1 aliphatic carbocycles. The molecule has 0 aromatic carbocycles. The third kappa shape index (κ3) is 3.33. The van der Waals surface area contributed by atoms with Crippen LogP contribution in [0, 0.1) is 5.82 Å². The van der Waals surface area contributed by atoms with Crippen LogP contribution in [0.25, 0.3) is 10.8 Å². The summed E-state index contributed by atoms with van der Waals surface area (Å²) >= 11 is 5.72. The Kier molecular flexibility index (Phi) is 4.23. The van der Waals surface area contributed by atoms with Crippen molar-refractivity contribution in [1.82, 2.24) is 15.3 Å². The van der Waals surface area contributed by atoms with Gasteiger partial charge in [0, 0.05) is 17.3 Å². The van der Waals surface area contributed by atoms with Gasteiger partial charge in [-0.2, -0.15) is 0 Å². The molecule has 25 heavy (non-hydrogen) atoms. The second-order valence-corrected chi connectivity index (χ2v) is 7.62. The molecule has 8 heteroatoms. The molecular formula is C17H19ClFN3O3. The summed E-state index contributed by atoms with van der Waals surface area (Å²) < 4.78 is 19.6. The van der Waals surface area contributed by atoms with Gasteiger partial charge in [-0.05, 0) is 46.1 Å². The molecule has 0 unspecified atom stereocenters. The van der Waals surface area contributed by atoms with E-state index >= 15 is 0 Å². The smallest absolute Gasteiger partial charge is 0.408 e. The highest BCUT2D eigenvalue weighted by atomic mass is 35.5. The van der Waals surface area contributed by atoms with E-state index in [-0.39, 0.29) is 15.9 Å². The van der Waals surface area contributed by atoms with Crippen LogP contribution in [0.1, 0.15) is 45.7 Å². The second kappa shape index (κ2) is 5.98. The molecule has 0 bridgehead atoms. The Bertz CT molecular complexity index is 900. The van der Waals surface area contributed by atoms with Crippen molar-refractivity contribution in [3.8, 4) is 0 Å². The van der Waals surface area contributed by atoms with Gasteiger partial charge < -0.3 is 15.0 Å². The predicted octanol–water partition coefficient (Wildman–Crippen LogP) is 3.62. The Hall–Kier alpha value is -2.15. The van der Waals surface area contributed by atoms with Crippen LogP contribution in [0.4, 0.5) is 9.18 Å². The van der Waals surface area contributed by atoms with Gasteiger partial charge in [0.15, 0.2) is 11.0 Å². The molecule has 2 aromatic heterocycles. The minimum Gasteiger partial charge on any atom is -0.444 e. The standard InChI is InChI=1S/C17H19ClFN3O3/c1-16(2,3)25-15(24)22-17(5-4-6-17)11-7-9-10(14(23)21-11)8-20-13(18)12(9)19/h7-8H,4-6H2,1-3H3,(H,21,23)(H,22,24). The van der Waals surface area contributed by atoms with Crippen molar-refractivity contribution >= 4 is 28.5 Å². The van der Waals surface area contributed by atoms with Crippen LogP contribution in [0.3, 0.4) is 0 Å². The minimum atomic E-state index is -0.780. The molecule has 3 rings (SSSR count). The maximum atomic E-state index is 14.3. The van der Waals surface area contributed by atoms with E-state index in [1.165, 1.54) is 12.3 Å². The van der Waals surface area contributed by atoms with Gasteiger partial charge in [0.1, 0.15) is 5.60 Å². The highest BCUT2D eigenvalue weighted by Gasteiger charge is 2.42. The van der Waals surface area contributed by atoms with Gasteiger partial charge in [-0.3, -0.25) is 4.79 Å². The van der Waals surface area contributed by atoms with Gasteiger partial charge >= 0.3 is 6.09 Å². The summed E-state index contributed by atoms with van der Waals surface area (Å²) in [4.78, 5) is 30.9. The molecule has 1 saturated carbocycles. The number of alkyl carbamates (subject to hydrolysis) is 1. The summed E-state index contributed by atoms with van der Waals surface area (Å²) in [5.41, 5.74) is -1.47. The summed E-state index contributed by atoms with van der Waals surface area (Å²) in [5, 5.41) is 2.72. The number of amides is 1. The maximum absolute atomic E-state index is 14.3. The summed E-state index contributed by atoms with van der Waals surface area (Å²) in [7, 11) is 0. The number of nitrogens with one attached hydrogen (secondary N) is 2. The summed E-state index contributed by atoms with van der Waals surface area (Å²) in [6, 6.07) is 1.51. The van der Waals surface area contributed by atoms with Crippen molar-refractivity contribution in [2.75, 3.05) is 0 Å². The fourth-order valence-corrected chi connectivity index (χ4v) is 3.07. The Balaban J connectivity index is 2.03. The number of fused-ring (bicyclic) bond motifs is 1. The zero-order valence-corrected chi connectivity index (χ0v) is 15.0. The highest BCUT2D eigenvalue weighted by Crippen LogP contribution is 2.41. The molecule has 1 amide bonds. The molecule has 0 atom stereocenters. The first kappa shape index (κ1) is 17.7. The van der Waals surface area contributed by atoms with Crippen molar-refractivity contribution in [2.45, 2.75) is 51.2 Å². The fourth-order valence-electron chi connectivity index (χ4n) is 2.92. The zero-order chi connectivity index (χ0) is 18.4. The van der Waals surface area contributed by atoms with E-state index in [9.17, 15) is 14.0 Å². The maximum Gasteiger partial charge on any atom is 0.408 e. The predicted molar refractivity (Wildman–Crippen MR) is 92.2 cm³/mol. The van der Waals surface area contributed by atoms with E-state index in [0.717, 1.165) is 6.42 Å². The number of rotatable bonds is 2. The van der Waals surface area contributed by atoms with Crippen LogP contribution in [0.15, 0.2) is 17.1 Å². The summed E-state index contributed by atoms with van der Waals surface area (Å²) in [6.07, 6.45) is 2.76. The van der Waals surface area contributed by atoms with Gasteiger partial charge in [0.05, 0.1) is 10.9 Å². The number of hydrogen-bond acceptors (Lipinski definition) is 4. The van der Waals surface area contributed by atoms with Crippen LogP contribution >= 0.6 is 11.6 Å². The molecule has 2 N–H and O–H groups in total. The molecule has 0 saturated heterocycles. The zero-order valence-electron chi connectivity index (χ0n) is 14.2. The Morgan fingerprint density at radius 1 is 1.40 bits per heavy atom. The monoisotopic (exact) mass is 367 g/mol. The van der Waals surface area contributed by atoms with Crippen molar-refractivity contribution in [3.63, 3.8) is 0 Å². The second-order valence-electron chi connectivity index (χ2n) is 7.27. The van der Waals surface area contributed by atoms with Crippen LogP contribution in [-0.2, 0) is 10.3 Å². The van der Waals surface area contributed by atoms with Gasteiger partial charge in [0.2, 0.25) is 0 Å². The molecule has 1 fully saturated rings. The number of nitrogens with zero attached hydrogens (tertiary/aromatic N) is 1. The Morgan fingerprint density at radius 2 is 2.08 bits per heavy atom. The molecule has 1 aliphatic rings. The SMILES string of the molecule is CC(C)(C)OC(=O)NC1(c2cc3c(F)c(Cl)ncc3c(=O)[nH]2)CCC1. The number of hydrogen-bond donors (Lipinski definition) is 2. The number of halogens is 2. The van der Waals surface area contributed by atoms with Crippen molar-refractivity contribution < 1.29 is 13.9 Å². The van der Waals surface area contributed by atoms with E-state index in [4.69, 9.17) is 16.3 Å². The summed E-state index contributed by atoms with van der Waals surface area (Å²) in [5.74, 6) is -0.752. The molecule has 0 aliphatic heterocycles. The largest absolute Gasteiger partial charge is 0.444 e. The van der Waals surface area contributed by atoms with E-state index in [1.807, 2.05) is 0 Å². The average Bonchev–Trinajstić information content (AvgIpc) is 2.45. The van der Waals surface area contributed by atoms with Crippen molar-refractivity contribution in [3.05, 3.63) is 39.3 Å². The van der Waals surface area contributed by atoms with Crippen LogP contribution in [-0.4, -0.2) is 21.7 Å². The highest BCUT2D eigenvalue weighted by molar-refractivity contribution is 6.30. The Morgan fingerprint density at radius 3 is 2.64 bits per heavy atom. The fraction of sp³-hybridized carbons (Fsp3) is 0.471. The first-order valence-electron chi connectivity index (χ1n) is 8.00. The van der Waals surface area contributed by atoms with Gasteiger partial charge in [-0.15, -0.1) is 0 Å². The lowest BCUT2D eigenvalue weighted by atomic mass is 9.74. The van der Waals surface area contributed by atoms with E-state index < -0.39 is 28.6 Å². The average molecular weight is 368 g/mol. The van der Waals surface area contributed by atoms with Crippen LogP contribution in [0.2, 0.25) is 5.15 Å². The lowest BCUT2D eigenvalue weighted by Crippen LogP contribution is -2.53. The lowest BCUT2D eigenvalue weighted by Gasteiger charge is -2.42. The topological polar surface area (TPSA) is 84.1 Å². The van der Waals surface area contributed by atoms with E-state index in [0.29, 0.717) is 18.5 Å². The molecular weight excluding hydrogens is 349 g/mol. The van der Waals surface area contributed by atoms with Crippen molar-refractivity contribution in [1.29, 1.82) is 0 Å². The number of aromatic nitrogens is 2. The third-order valence-electron chi connectivity index (χ3n) is 4.26. The molecule has 0 radical (unpaired) electrons. The van der Waals surface area contributed by atoms with E-state index in [2.05, 4.69) is 15.3 Å². The van der Waals surface area contributed by atoms with Gasteiger partial charge in [0.25, 0.3) is 5.56 Å². The summed E-state index contributed by atoms with van der Waals surface area (Å²) in [6.45, 7) is 5.30. The number of ether oxygens (including phenoxy) is 1. The quantitative estimate of drug-likeness (QED) is 0.794. The van der Waals surface area contributed by atoms with Crippen LogP contribution < -0.4 is 10.9 Å². The lowest BCUT2D eigenvalue weighted by molar-refractivity contribution is 0.0371. The molecule has 134 valence electrons. The molecule has 2 aromatic rings. The number of pyridine rings is 2. The number of carbonyl (C=O) groups is 1. The first-order valence-corrected chi connectivity index (χ1v) is 8.38. The number of carbonyl (C=O) groups excluding carboxylic acids is 1. The van der Waals surface area contributed by atoms with Gasteiger partial charge in [-0.1, -0.05) is 11.6 Å². The minimum absolute atomic E-state index is 0.0796. The first-order chi connectivity index (χ1) is 11.6. The number of H-pyrrole nitrogens is 1. The molecule has 2 heterocycles. The van der Waals surface area contributed by atoms with E-state index in [1.54, 1.807) is 20.8 Å². The molecule has 0 spiro atoms. The molecule has 6 nitrogen and oxygen atoms in total. The third-order valence-corrected chi connectivity index (χ3v) is 4.52. The van der Waals surface area contributed by atoms with Gasteiger partial charge in [-0.25, -0.2) is 14.2 Å². The van der Waals surface area contributed by atoms with Crippen LogP contribution in [0.5, 0.6) is 0 Å². The van der Waals surface area contributed by atoms with Crippen molar-refractivity contribution in [2.24, 2.45) is 0 Å². The number of aromatic amines is 1. The Labute approximate surface area is 148 Å².